The molecule has 1 aromatic carbocycles. The minimum atomic E-state index is -0.455. The third-order valence-corrected chi connectivity index (χ3v) is 5.07. The third-order valence-electron chi connectivity index (χ3n) is 5.07. The summed E-state index contributed by atoms with van der Waals surface area (Å²) in [5.41, 5.74) is 2.07. The molecule has 3 rings (SSSR count). The van der Waals surface area contributed by atoms with Crippen LogP contribution in [0.2, 0.25) is 0 Å². The summed E-state index contributed by atoms with van der Waals surface area (Å²) in [6.07, 6.45) is 8.01. The predicted molar refractivity (Wildman–Crippen MR) is 91.3 cm³/mol. The standard InChI is InChI=1S/C19H26N2O2/c1-14(19(23)20-16-10-3-2-4-11-16)21-17-12-6-5-8-15(17)9-7-13-18(21)22/h5-6,8,12,14,16H,2-4,7,9-11,13H2,1H3,(H,20,23)/t14-/m0/s1. The number of hydrogen-bond donors (Lipinski definition) is 1. The van der Waals surface area contributed by atoms with Crippen LogP contribution in [0.25, 0.3) is 0 Å². The van der Waals surface area contributed by atoms with Crippen molar-refractivity contribution in [2.24, 2.45) is 0 Å². The van der Waals surface area contributed by atoms with Crippen LogP contribution >= 0.6 is 0 Å². The van der Waals surface area contributed by atoms with Crippen molar-refractivity contribution in [1.82, 2.24) is 5.32 Å². The van der Waals surface area contributed by atoms with Crippen LogP contribution in [0.15, 0.2) is 24.3 Å². The Morgan fingerprint density at radius 2 is 1.87 bits per heavy atom. The van der Waals surface area contributed by atoms with Gasteiger partial charge in [0.15, 0.2) is 0 Å². The zero-order chi connectivity index (χ0) is 16.2. The Hall–Kier alpha value is -1.84. The second kappa shape index (κ2) is 7.16. The van der Waals surface area contributed by atoms with Crippen molar-refractivity contribution in [3.8, 4) is 0 Å². The summed E-state index contributed by atoms with van der Waals surface area (Å²) in [7, 11) is 0. The molecule has 0 unspecified atom stereocenters. The van der Waals surface area contributed by atoms with Crippen LogP contribution in [-0.2, 0) is 16.0 Å². The Labute approximate surface area is 138 Å². The molecule has 1 atom stereocenters. The Balaban J connectivity index is 1.77. The lowest BCUT2D eigenvalue weighted by Crippen LogP contribution is -2.51. The second-order valence-corrected chi connectivity index (χ2v) is 6.77. The highest BCUT2D eigenvalue weighted by Gasteiger charge is 2.31. The third kappa shape index (κ3) is 3.57. The van der Waals surface area contributed by atoms with Crippen LogP contribution in [0.5, 0.6) is 0 Å². The Morgan fingerprint density at radius 1 is 1.13 bits per heavy atom. The number of carbonyl (C=O) groups is 2. The first kappa shape index (κ1) is 16.0. The first-order valence-electron chi connectivity index (χ1n) is 8.87. The van der Waals surface area contributed by atoms with Crippen LogP contribution in [0.1, 0.15) is 57.4 Å². The number of hydrogen-bond acceptors (Lipinski definition) is 2. The number of aryl methyl sites for hydroxylation is 1. The van der Waals surface area contributed by atoms with Crippen molar-refractivity contribution in [2.45, 2.75) is 70.4 Å². The average Bonchev–Trinajstić information content (AvgIpc) is 2.73. The lowest BCUT2D eigenvalue weighted by molar-refractivity contribution is -0.126. The van der Waals surface area contributed by atoms with Gasteiger partial charge in [-0.2, -0.15) is 0 Å². The van der Waals surface area contributed by atoms with Gasteiger partial charge in [0.25, 0.3) is 0 Å². The molecular formula is C19H26N2O2. The largest absolute Gasteiger partial charge is 0.352 e. The van der Waals surface area contributed by atoms with Crippen molar-refractivity contribution in [1.29, 1.82) is 0 Å². The molecular weight excluding hydrogens is 288 g/mol. The minimum Gasteiger partial charge on any atom is -0.352 e. The van der Waals surface area contributed by atoms with Crippen LogP contribution in [0, 0.1) is 0 Å². The van der Waals surface area contributed by atoms with Gasteiger partial charge in [0.05, 0.1) is 0 Å². The minimum absolute atomic E-state index is 0.0260. The lowest BCUT2D eigenvalue weighted by Gasteiger charge is -2.31. The highest BCUT2D eigenvalue weighted by Crippen LogP contribution is 2.28. The number of benzene rings is 1. The number of nitrogens with zero attached hydrogens (tertiary/aromatic N) is 1. The smallest absolute Gasteiger partial charge is 0.243 e. The predicted octanol–water partition coefficient (Wildman–Crippen LogP) is 3.19. The fraction of sp³-hybridized carbons (Fsp3) is 0.579. The number of nitrogens with one attached hydrogen (secondary N) is 1. The molecule has 1 aromatic rings. The van der Waals surface area contributed by atoms with Crippen LogP contribution in [0.4, 0.5) is 5.69 Å². The zero-order valence-electron chi connectivity index (χ0n) is 13.9. The molecule has 1 heterocycles. The molecule has 4 heteroatoms. The Kier molecular flexibility index (Phi) is 4.99. The summed E-state index contributed by atoms with van der Waals surface area (Å²) >= 11 is 0. The van der Waals surface area contributed by atoms with Crippen LogP contribution in [-0.4, -0.2) is 23.9 Å². The summed E-state index contributed by atoms with van der Waals surface area (Å²) in [5.74, 6) is 0.0307. The summed E-state index contributed by atoms with van der Waals surface area (Å²) in [6.45, 7) is 1.85. The van der Waals surface area contributed by atoms with Gasteiger partial charge in [-0.25, -0.2) is 0 Å². The second-order valence-electron chi connectivity index (χ2n) is 6.77. The molecule has 0 radical (unpaired) electrons. The molecule has 124 valence electrons. The van der Waals surface area contributed by atoms with E-state index in [-0.39, 0.29) is 17.9 Å². The van der Waals surface area contributed by atoms with E-state index in [0.29, 0.717) is 6.42 Å². The van der Waals surface area contributed by atoms with Crippen molar-refractivity contribution in [2.75, 3.05) is 4.90 Å². The van der Waals surface area contributed by atoms with Crippen LogP contribution < -0.4 is 10.2 Å². The van der Waals surface area contributed by atoms with Gasteiger partial charge < -0.3 is 5.32 Å². The van der Waals surface area contributed by atoms with E-state index in [0.717, 1.165) is 36.9 Å². The molecule has 4 nitrogen and oxygen atoms in total. The molecule has 1 aliphatic carbocycles. The first-order valence-corrected chi connectivity index (χ1v) is 8.87. The quantitative estimate of drug-likeness (QED) is 0.931. The van der Waals surface area contributed by atoms with Crippen molar-refractivity contribution >= 4 is 17.5 Å². The molecule has 0 saturated heterocycles. The molecule has 1 N–H and O–H groups in total. The van der Waals surface area contributed by atoms with Gasteiger partial charge in [0, 0.05) is 18.2 Å². The molecule has 1 aliphatic heterocycles. The molecule has 2 amide bonds. The molecule has 1 saturated carbocycles. The van der Waals surface area contributed by atoms with Crippen molar-refractivity contribution in [3.63, 3.8) is 0 Å². The Morgan fingerprint density at radius 3 is 2.65 bits per heavy atom. The SMILES string of the molecule is C[C@@H](C(=O)NC1CCCCC1)N1C(=O)CCCc2ccccc21. The highest BCUT2D eigenvalue weighted by molar-refractivity contribution is 6.01. The van der Waals surface area contributed by atoms with E-state index < -0.39 is 6.04 Å². The fourth-order valence-corrected chi connectivity index (χ4v) is 3.75. The van der Waals surface area contributed by atoms with Gasteiger partial charge in [0.1, 0.15) is 6.04 Å². The summed E-state index contributed by atoms with van der Waals surface area (Å²) in [4.78, 5) is 26.9. The van der Waals surface area contributed by atoms with Gasteiger partial charge in [-0.15, -0.1) is 0 Å². The Bertz CT molecular complexity index is 578. The molecule has 1 fully saturated rings. The molecule has 23 heavy (non-hydrogen) atoms. The summed E-state index contributed by atoms with van der Waals surface area (Å²) in [5, 5.41) is 3.15. The fourth-order valence-electron chi connectivity index (χ4n) is 3.75. The number of anilines is 1. The van der Waals surface area contributed by atoms with E-state index in [4.69, 9.17) is 0 Å². The molecule has 2 aliphatic rings. The summed E-state index contributed by atoms with van der Waals surface area (Å²) < 4.78 is 0. The monoisotopic (exact) mass is 314 g/mol. The zero-order valence-corrected chi connectivity index (χ0v) is 13.9. The van der Waals surface area contributed by atoms with E-state index in [2.05, 4.69) is 11.4 Å². The summed E-state index contributed by atoms with van der Waals surface area (Å²) in [6, 6.07) is 7.78. The van der Waals surface area contributed by atoms with E-state index in [1.165, 1.54) is 19.3 Å². The van der Waals surface area contributed by atoms with E-state index in [1.54, 1.807) is 4.90 Å². The van der Waals surface area contributed by atoms with Gasteiger partial charge in [-0.3, -0.25) is 14.5 Å². The van der Waals surface area contributed by atoms with E-state index in [1.807, 2.05) is 25.1 Å². The van der Waals surface area contributed by atoms with Gasteiger partial charge in [0.2, 0.25) is 11.8 Å². The highest BCUT2D eigenvalue weighted by atomic mass is 16.2. The van der Waals surface area contributed by atoms with Crippen molar-refractivity contribution < 1.29 is 9.59 Å². The maximum Gasteiger partial charge on any atom is 0.243 e. The van der Waals surface area contributed by atoms with Crippen LogP contribution in [0.3, 0.4) is 0 Å². The maximum atomic E-state index is 12.7. The molecule has 0 aromatic heterocycles. The maximum absolute atomic E-state index is 12.7. The number of amides is 2. The molecule has 0 bridgehead atoms. The number of carbonyl (C=O) groups excluding carboxylic acids is 2. The topological polar surface area (TPSA) is 49.4 Å². The lowest BCUT2D eigenvalue weighted by atomic mass is 9.95. The van der Waals surface area contributed by atoms with E-state index in [9.17, 15) is 9.59 Å². The normalized spacial score (nSPS) is 20.6. The van der Waals surface area contributed by atoms with E-state index >= 15 is 0 Å². The molecule has 0 spiro atoms. The average molecular weight is 314 g/mol. The van der Waals surface area contributed by atoms with Crippen molar-refractivity contribution in [3.05, 3.63) is 29.8 Å². The number of fused-ring (bicyclic) bond motifs is 1. The van der Waals surface area contributed by atoms with Gasteiger partial charge in [-0.05, 0) is 44.2 Å². The first-order chi connectivity index (χ1) is 11.2. The van der Waals surface area contributed by atoms with Gasteiger partial charge >= 0.3 is 0 Å². The number of para-hydroxylation sites is 1. The number of rotatable bonds is 3. The van der Waals surface area contributed by atoms with Gasteiger partial charge in [-0.1, -0.05) is 37.5 Å².